The van der Waals surface area contributed by atoms with Gasteiger partial charge < -0.3 is 5.32 Å². The van der Waals surface area contributed by atoms with E-state index in [4.69, 9.17) is 0 Å². The average Bonchev–Trinajstić information content (AvgIpc) is 3.10. The fourth-order valence-electron chi connectivity index (χ4n) is 8.35. The SMILES string of the molecule is C1=CCC(C2C=C(C3C=CCCC3)CC(NC3=C(c4cccc(C5=CC(C6C=CCCC6)=CCC5)c4)C=CCC3)C2)C=C1. The third-order valence-corrected chi connectivity index (χ3v) is 10.7. The Morgan fingerprint density at radius 3 is 2.42 bits per heavy atom. The van der Waals surface area contributed by atoms with E-state index >= 15 is 0 Å². The van der Waals surface area contributed by atoms with Crippen molar-refractivity contribution in [3.8, 4) is 0 Å². The Morgan fingerprint density at radius 2 is 1.60 bits per heavy atom. The van der Waals surface area contributed by atoms with Gasteiger partial charge in [-0.1, -0.05) is 103 Å². The topological polar surface area (TPSA) is 12.0 Å². The van der Waals surface area contributed by atoms with Crippen molar-refractivity contribution in [2.45, 2.75) is 89.5 Å². The first kappa shape index (κ1) is 28.5. The number of benzene rings is 1. The minimum Gasteiger partial charge on any atom is -0.385 e. The molecule has 222 valence electrons. The zero-order valence-corrected chi connectivity index (χ0v) is 25.9. The van der Waals surface area contributed by atoms with E-state index in [2.05, 4.69) is 109 Å². The second-order valence-corrected chi connectivity index (χ2v) is 13.7. The van der Waals surface area contributed by atoms with Gasteiger partial charge >= 0.3 is 0 Å². The molecule has 0 spiro atoms. The van der Waals surface area contributed by atoms with Gasteiger partial charge in [-0.05, 0) is 130 Å². The van der Waals surface area contributed by atoms with Crippen LogP contribution in [0.15, 0.2) is 120 Å². The molecule has 6 aliphatic carbocycles. The molecule has 0 amide bonds. The molecule has 0 saturated heterocycles. The Kier molecular flexibility index (Phi) is 8.96. The third-order valence-electron chi connectivity index (χ3n) is 10.7. The van der Waals surface area contributed by atoms with Crippen LogP contribution in [0.5, 0.6) is 0 Å². The lowest BCUT2D eigenvalue weighted by atomic mass is 9.73. The lowest BCUT2D eigenvalue weighted by Crippen LogP contribution is -2.36. The van der Waals surface area contributed by atoms with Gasteiger partial charge in [-0.3, -0.25) is 0 Å². The van der Waals surface area contributed by atoms with Crippen molar-refractivity contribution in [2.75, 3.05) is 0 Å². The lowest BCUT2D eigenvalue weighted by Gasteiger charge is -2.37. The molecule has 0 bridgehead atoms. The molecule has 43 heavy (non-hydrogen) atoms. The predicted molar refractivity (Wildman–Crippen MR) is 184 cm³/mol. The Bertz CT molecular complexity index is 1450. The van der Waals surface area contributed by atoms with E-state index in [0.29, 0.717) is 29.7 Å². The Balaban J connectivity index is 1.14. The maximum atomic E-state index is 4.18. The predicted octanol–water partition coefficient (Wildman–Crippen LogP) is 11.0. The number of rotatable bonds is 7. The van der Waals surface area contributed by atoms with Gasteiger partial charge in [0.25, 0.3) is 0 Å². The second kappa shape index (κ2) is 13.5. The van der Waals surface area contributed by atoms with Gasteiger partial charge in [0.1, 0.15) is 0 Å². The summed E-state index contributed by atoms with van der Waals surface area (Å²) in [4.78, 5) is 0. The van der Waals surface area contributed by atoms with E-state index in [0.717, 1.165) is 25.7 Å². The first-order valence-electron chi connectivity index (χ1n) is 17.3. The number of allylic oxidation sites excluding steroid dienone is 17. The smallest absolute Gasteiger partial charge is 0.0301 e. The van der Waals surface area contributed by atoms with Crippen molar-refractivity contribution in [1.29, 1.82) is 0 Å². The summed E-state index contributed by atoms with van der Waals surface area (Å²) in [7, 11) is 0. The summed E-state index contributed by atoms with van der Waals surface area (Å²) < 4.78 is 0. The quantitative estimate of drug-likeness (QED) is 0.323. The molecule has 1 heteroatoms. The molecule has 6 aliphatic rings. The maximum Gasteiger partial charge on any atom is 0.0301 e. The van der Waals surface area contributed by atoms with E-state index in [1.54, 1.807) is 5.57 Å². The highest BCUT2D eigenvalue weighted by atomic mass is 14.9. The molecular formula is C42H49N. The van der Waals surface area contributed by atoms with Gasteiger partial charge in [-0.2, -0.15) is 0 Å². The van der Waals surface area contributed by atoms with Crippen molar-refractivity contribution in [3.63, 3.8) is 0 Å². The first-order chi connectivity index (χ1) is 21.3. The largest absolute Gasteiger partial charge is 0.385 e. The highest BCUT2D eigenvalue weighted by Gasteiger charge is 2.30. The highest BCUT2D eigenvalue weighted by molar-refractivity contribution is 5.80. The highest BCUT2D eigenvalue weighted by Crippen LogP contribution is 2.40. The number of hydrogen-bond donors (Lipinski definition) is 1. The molecule has 1 aromatic carbocycles. The lowest BCUT2D eigenvalue weighted by molar-refractivity contribution is 0.345. The Hall–Kier alpha value is -3.32. The molecule has 0 aliphatic heterocycles. The van der Waals surface area contributed by atoms with Crippen LogP contribution in [-0.4, -0.2) is 6.04 Å². The molecule has 0 aromatic heterocycles. The van der Waals surface area contributed by atoms with E-state index in [9.17, 15) is 0 Å². The monoisotopic (exact) mass is 567 g/mol. The zero-order valence-electron chi connectivity index (χ0n) is 25.9. The van der Waals surface area contributed by atoms with E-state index in [-0.39, 0.29) is 0 Å². The molecule has 5 unspecified atom stereocenters. The van der Waals surface area contributed by atoms with Crippen LogP contribution < -0.4 is 5.32 Å². The van der Waals surface area contributed by atoms with Crippen LogP contribution in [-0.2, 0) is 0 Å². The molecule has 1 nitrogen and oxygen atoms in total. The van der Waals surface area contributed by atoms with E-state index < -0.39 is 0 Å². The first-order valence-corrected chi connectivity index (χ1v) is 17.3. The zero-order chi connectivity index (χ0) is 28.8. The van der Waals surface area contributed by atoms with Crippen molar-refractivity contribution in [2.24, 2.45) is 23.7 Å². The summed E-state index contributed by atoms with van der Waals surface area (Å²) >= 11 is 0. The van der Waals surface area contributed by atoms with Crippen molar-refractivity contribution in [3.05, 3.63) is 131 Å². The Morgan fingerprint density at radius 1 is 0.744 bits per heavy atom. The summed E-state index contributed by atoms with van der Waals surface area (Å²) in [5.74, 6) is 2.48. The molecule has 0 radical (unpaired) electrons. The van der Waals surface area contributed by atoms with Crippen molar-refractivity contribution >= 4 is 11.1 Å². The van der Waals surface area contributed by atoms with Crippen LogP contribution in [0, 0.1) is 23.7 Å². The van der Waals surface area contributed by atoms with E-state index in [1.165, 1.54) is 91.3 Å². The van der Waals surface area contributed by atoms with Crippen molar-refractivity contribution < 1.29 is 0 Å². The fourth-order valence-corrected chi connectivity index (χ4v) is 8.35. The molecule has 5 atom stereocenters. The summed E-state index contributed by atoms with van der Waals surface area (Å²) in [5, 5.41) is 4.18. The van der Waals surface area contributed by atoms with Crippen LogP contribution >= 0.6 is 0 Å². The summed E-state index contributed by atoms with van der Waals surface area (Å²) in [5.41, 5.74) is 10.3. The standard InChI is InChI=1S/C42H49N/c1-4-14-31(15-5-1)34-20-12-21-35(26-34)36-22-13-23-37(27-36)41-24-10-11-25-42(41)43-40-29-38(32-16-6-2-7-17-32)28-39(30-40)33-18-8-3-9-19-33/h2,4,6-8,10,13-14,16,18,20,22-24,26-28,31-33,38,40,43H,1,3,5,9,11-12,15,17,19,21,25,29-30H2. The van der Waals surface area contributed by atoms with Crippen molar-refractivity contribution in [1.82, 2.24) is 5.32 Å². The van der Waals surface area contributed by atoms with Gasteiger partial charge in [0.05, 0.1) is 0 Å². The number of nitrogens with one attached hydrogen (secondary N) is 1. The van der Waals surface area contributed by atoms with Crippen LogP contribution in [0.4, 0.5) is 0 Å². The minimum atomic E-state index is 0.497. The summed E-state index contributed by atoms with van der Waals surface area (Å²) in [6.45, 7) is 0. The molecule has 0 saturated carbocycles. The van der Waals surface area contributed by atoms with Crippen LogP contribution in [0.3, 0.4) is 0 Å². The van der Waals surface area contributed by atoms with Crippen LogP contribution in [0.25, 0.3) is 11.1 Å². The molecular weight excluding hydrogens is 518 g/mol. The molecule has 1 N–H and O–H groups in total. The van der Waals surface area contributed by atoms with Crippen LogP contribution in [0.2, 0.25) is 0 Å². The van der Waals surface area contributed by atoms with Gasteiger partial charge in [0, 0.05) is 23.2 Å². The number of hydrogen-bond acceptors (Lipinski definition) is 1. The normalized spacial score (nSPS) is 30.6. The summed E-state index contributed by atoms with van der Waals surface area (Å²) in [6.07, 6.45) is 47.4. The average molecular weight is 568 g/mol. The van der Waals surface area contributed by atoms with E-state index in [1.807, 2.05) is 0 Å². The molecule has 7 rings (SSSR count). The third kappa shape index (κ3) is 6.77. The van der Waals surface area contributed by atoms with Gasteiger partial charge in [-0.25, -0.2) is 0 Å². The molecule has 0 fully saturated rings. The van der Waals surface area contributed by atoms with Gasteiger partial charge in [0.15, 0.2) is 0 Å². The Labute approximate surface area is 260 Å². The molecule has 1 aromatic rings. The van der Waals surface area contributed by atoms with Gasteiger partial charge in [-0.15, -0.1) is 0 Å². The summed E-state index contributed by atoms with van der Waals surface area (Å²) in [6, 6.07) is 9.92. The maximum absolute atomic E-state index is 4.18. The van der Waals surface area contributed by atoms with Gasteiger partial charge in [0.2, 0.25) is 0 Å². The second-order valence-electron chi connectivity index (χ2n) is 13.7. The fraction of sp³-hybridized carbons (Fsp3) is 0.429. The van der Waals surface area contributed by atoms with Crippen LogP contribution in [0.1, 0.15) is 94.6 Å². The molecule has 0 heterocycles. The minimum absolute atomic E-state index is 0.497.